The fourth-order valence-electron chi connectivity index (χ4n) is 3.69. The van der Waals surface area contributed by atoms with Gasteiger partial charge in [-0.25, -0.2) is 13.1 Å². The Kier molecular flexibility index (Phi) is 7.05. The summed E-state index contributed by atoms with van der Waals surface area (Å²) < 4.78 is 28.9. The molecular formula is C23H29BrN2O3S. The average Bonchev–Trinajstić information content (AvgIpc) is 2.67. The zero-order valence-corrected chi connectivity index (χ0v) is 20.1. The number of hydrogen-bond acceptors (Lipinski definition) is 3. The van der Waals surface area contributed by atoms with Crippen LogP contribution in [0.15, 0.2) is 51.8 Å². The molecule has 162 valence electrons. The van der Waals surface area contributed by atoms with E-state index in [4.69, 9.17) is 0 Å². The Hall–Kier alpha value is -1.70. The first-order valence-corrected chi connectivity index (χ1v) is 12.6. The minimum Gasteiger partial charge on any atom is -0.322 e. The number of amides is 1. The van der Waals surface area contributed by atoms with Crippen molar-refractivity contribution >= 4 is 37.5 Å². The number of rotatable bonds is 5. The van der Waals surface area contributed by atoms with Crippen LogP contribution in [0.25, 0.3) is 0 Å². The number of hydrogen-bond donors (Lipinski definition) is 2. The molecule has 3 rings (SSSR count). The number of benzene rings is 2. The Morgan fingerprint density at radius 1 is 1.00 bits per heavy atom. The predicted molar refractivity (Wildman–Crippen MR) is 124 cm³/mol. The van der Waals surface area contributed by atoms with Crippen LogP contribution in [0.1, 0.15) is 68.8 Å². The van der Waals surface area contributed by atoms with E-state index in [1.807, 2.05) is 12.1 Å². The molecule has 0 saturated heterocycles. The second-order valence-electron chi connectivity index (χ2n) is 8.88. The second kappa shape index (κ2) is 9.20. The zero-order valence-electron chi connectivity index (χ0n) is 17.7. The molecule has 2 aromatic carbocycles. The third-order valence-electron chi connectivity index (χ3n) is 5.39. The van der Waals surface area contributed by atoms with Crippen LogP contribution in [0.5, 0.6) is 0 Å². The van der Waals surface area contributed by atoms with E-state index in [0.717, 1.165) is 35.7 Å². The summed E-state index contributed by atoms with van der Waals surface area (Å²) in [5, 5.41) is 2.83. The van der Waals surface area contributed by atoms with Gasteiger partial charge in [-0.3, -0.25) is 4.79 Å². The average molecular weight is 493 g/mol. The number of halogens is 1. The molecule has 0 heterocycles. The maximum Gasteiger partial charge on any atom is 0.255 e. The van der Waals surface area contributed by atoms with Gasteiger partial charge in [0.15, 0.2) is 0 Å². The molecule has 1 fully saturated rings. The summed E-state index contributed by atoms with van der Waals surface area (Å²) in [6.45, 7) is 6.35. The highest BCUT2D eigenvalue weighted by atomic mass is 79.9. The lowest BCUT2D eigenvalue weighted by Gasteiger charge is -2.22. The Labute approximate surface area is 187 Å². The molecule has 0 spiro atoms. The fraction of sp³-hybridized carbons (Fsp3) is 0.435. The van der Waals surface area contributed by atoms with Crippen molar-refractivity contribution in [2.75, 3.05) is 5.32 Å². The van der Waals surface area contributed by atoms with Crippen molar-refractivity contribution in [3.8, 4) is 0 Å². The predicted octanol–water partition coefficient (Wildman–Crippen LogP) is 5.61. The van der Waals surface area contributed by atoms with Crippen molar-refractivity contribution < 1.29 is 13.2 Å². The van der Waals surface area contributed by atoms with Crippen LogP contribution in [0.3, 0.4) is 0 Å². The fourth-order valence-corrected chi connectivity index (χ4v) is 5.97. The van der Waals surface area contributed by atoms with Crippen LogP contribution in [-0.2, 0) is 15.4 Å². The van der Waals surface area contributed by atoms with Gasteiger partial charge in [0, 0.05) is 21.8 Å². The van der Waals surface area contributed by atoms with Crippen LogP contribution in [0.4, 0.5) is 5.69 Å². The summed E-state index contributed by atoms with van der Waals surface area (Å²) >= 11 is 3.55. The van der Waals surface area contributed by atoms with Gasteiger partial charge in [-0.15, -0.1) is 0 Å². The van der Waals surface area contributed by atoms with Crippen molar-refractivity contribution in [2.45, 2.75) is 69.2 Å². The number of anilines is 1. The normalized spacial score (nSPS) is 15.7. The van der Waals surface area contributed by atoms with Crippen molar-refractivity contribution in [3.63, 3.8) is 0 Å². The first-order chi connectivity index (χ1) is 14.1. The summed E-state index contributed by atoms with van der Waals surface area (Å²) in [6.07, 6.45) is 5.06. The van der Waals surface area contributed by atoms with E-state index in [9.17, 15) is 13.2 Å². The summed E-state index contributed by atoms with van der Waals surface area (Å²) in [7, 11) is -3.55. The second-order valence-corrected chi connectivity index (χ2v) is 11.4. The summed E-state index contributed by atoms with van der Waals surface area (Å²) in [4.78, 5) is 12.8. The Morgan fingerprint density at radius 3 is 2.20 bits per heavy atom. The van der Waals surface area contributed by atoms with E-state index < -0.39 is 10.0 Å². The molecule has 2 N–H and O–H groups in total. The molecule has 0 radical (unpaired) electrons. The maximum absolute atomic E-state index is 12.6. The molecule has 0 aromatic heterocycles. The molecule has 0 aliphatic heterocycles. The molecule has 1 aliphatic rings. The van der Waals surface area contributed by atoms with E-state index >= 15 is 0 Å². The highest BCUT2D eigenvalue weighted by Crippen LogP contribution is 2.30. The van der Waals surface area contributed by atoms with Crippen LogP contribution >= 0.6 is 15.9 Å². The molecule has 7 heteroatoms. The maximum atomic E-state index is 12.6. The van der Waals surface area contributed by atoms with Crippen molar-refractivity contribution in [3.05, 3.63) is 58.1 Å². The molecule has 30 heavy (non-hydrogen) atoms. The van der Waals surface area contributed by atoms with Crippen molar-refractivity contribution in [2.24, 2.45) is 0 Å². The first-order valence-electron chi connectivity index (χ1n) is 10.3. The van der Waals surface area contributed by atoms with Crippen molar-refractivity contribution in [1.29, 1.82) is 0 Å². The van der Waals surface area contributed by atoms with Crippen molar-refractivity contribution in [1.82, 2.24) is 4.72 Å². The third-order valence-corrected chi connectivity index (χ3v) is 7.58. The molecule has 5 nitrogen and oxygen atoms in total. The van der Waals surface area contributed by atoms with Gasteiger partial charge >= 0.3 is 0 Å². The minimum absolute atomic E-state index is 0.0117. The van der Waals surface area contributed by atoms with E-state index in [2.05, 4.69) is 46.7 Å². The standard InChI is InChI=1S/C23H29BrN2O3S/c1-23(2,3)20-14-9-16(15-21(20)24)22(27)25-17-10-12-19(13-11-17)30(28,29)26-18-7-5-4-6-8-18/h9-15,18,26H,4-8H2,1-3H3,(H,25,27). The number of carbonyl (C=O) groups excluding carboxylic acids is 1. The van der Waals surface area contributed by atoms with Gasteiger partial charge in [0.2, 0.25) is 10.0 Å². The number of carbonyl (C=O) groups is 1. The van der Waals surface area contributed by atoms with E-state index in [0.29, 0.717) is 11.3 Å². The van der Waals surface area contributed by atoms with Crippen LogP contribution in [-0.4, -0.2) is 20.4 Å². The minimum atomic E-state index is -3.55. The molecule has 1 saturated carbocycles. The Morgan fingerprint density at radius 2 is 1.63 bits per heavy atom. The molecule has 0 unspecified atom stereocenters. The van der Waals surface area contributed by atoms with E-state index in [1.165, 1.54) is 18.6 Å². The van der Waals surface area contributed by atoms with Crippen LogP contribution in [0, 0.1) is 0 Å². The lowest BCUT2D eigenvalue weighted by Crippen LogP contribution is -2.36. The number of sulfonamides is 1. The van der Waals surface area contributed by atoms with Gasteiger partial charge in [-0.05, 0) is 60.2 Å². The molecule has 0 bridgehead atoms. The van der Waals surface area contributed by atoms with Gasteiger partial charge < -0.3 is 5.32 Å². The highest BCUT2D eigenvalue weighted by molar-refractivity contribution is 9.10. The molecule has 0 atom stereocenters. The quantitative estimate of drug-likeness (QED) is 0.569. The van der Waals surface area contributed by atoms with Gasteiger partial charge in [-0.2, -0.15) is 0 Å². The molecule has 2 aromatic rings. The molecule has 1 amide bonds. The monoisotopic (exact) mass is 492 g/mol. The topological polar surface area (TPSA) is 75.3 Å². The Balaban J connectivity index is 1.68. The van der Waals surface area contributed by atoms with Gasteiger partial charge in [0.05, 0.1) is 4.90 Å². The third kappa shape index (κ3) is 5.71. The largest absolute Gasteiger partial charge is 0.322 e. The van der Waals surface area contributed by atoms with E-state index in [-0.39, 0.29) is 22.3 Å². The van der Waals surface area contributed by atoms with Crippen LogP contribution < -0.4 is 10.0 Å². The van der Waals surface area contributed by atoms with E-state index in [1.54, 1.807) is 18.2 Å². The highest BCUT2D eigenvalue weighted by Gasteiger charge is 2.22. The summed E-state index contributed by atoms with van der Waals surface area (Å²) in [5.41, 5.74) is 2.18. The lowest BCUT2D eigenvalue weighted by molar-refractivity contribution is 0.102. The zero-order chi connectivity index (χ0) is 21.9. The number of nitrogens with one attached hydrogen (secondary N) is 2. The van der Waals surface area contributed by atoms with Crippen LogP contribution in [0.2, 0.25) is 0 Å². The van der Waals surface area contributed by atoms with Gasteiger partial charge in [-0.1, -0.05) is 62.0 Å². The van der Waals surface area contributed by atoms with Gasteiger partial charge in [0.1, 0.15) is 0 Å². The molecule has 1 aliphatic carbocycles. The Bertz CT molecular complexity index is 1010. The first kappa shape index (κ1) is 23.0. The van der Waals surface area contributed by atoms with Gasteiger partial charge in [0.25, 0.3) is 5.91 Å². The molecular weight excluding hydrogens is 464 g/mol. The smallest absolute Gasteiger partial charge is 0.255 e. The lowest BCUT2D eigenvalue weighted by atomic mass is 9.86. The SMILES string of the molecule is CC(C)(C)c1ccc(C(=O)Nc2ccc(S(=O)(=O)NC3CCCCC3)cc2)cc1Br. The summed E-state index contributed by atoms with van der Waals surface area (Å²) in [5.74, 6) is -0.243. The summed E-state index contributed by atoms with van der Waals surface area (Å²) in [6, 6.07) is 11.9.